The number of carboxylic acids is 2. The second-order valence-electron chi connectivity index (χ2n) is 3.79. The molecule has 0 radical (unpaired) electrons. The lowest BCUT2D eigenvalue weighted by molar-refractivity contribution is -0.138. The van der Waals surface area contributed by atoms with Crippen molar-refractivity contribution in [3.05, 3.63) is 17.7 Å². The van der Waals surface area contributed by atoms with E-state index in [-0.39, 0.29) is 17.1 Å². The van der Waals surface area contributed by atoms with E-state index in [9.17, 15) is 19.8 Å². The van der Waals surface area contributed by atoms with Crippen molar-refractivity contribution >= 4 is 23.7 Å². The average Bonchev–Trinajstić information content (AvgIpc) is 2.30. The van der Waals surface area contributed by atoms with E-state index >= 15 is 0 Å². The molecule has 6 N–H and O–H groups in total. The second kappa shape index (κ2) is 6.30. The van der Waals surface area contributed by atoms with E-state index in [0.717, 1.165) is 17.8 Å². The number of aromatic hydroxyl groups is 2. The van der Waals surface area contributed by atoms with Gasteiger partial charge in [0.25, 0.3) is 0 Å². The van der Waals surface area contributed by atoms with E-state index in [2.05, 4.69) is 0 Å². The molecule has 0 aliphatic carbocycles. The third-order valence-corrected chi connectivity index (χ3v) is 3.35. The Labute approximate surface area is 112 Å². The third kappa shape index (κ3) is 4.34. The third-order valence-electron chi connectivity index (χ3n) is 2.21. The van der Waals surface area contributed by atoms with Crippen LogP contribution in [0.15, 0.2) is 17.0 Å². The Bertz CT molecular complexity index is 504. The van der Waals surface area contributed by atoms with Gasteiger partial charge in [0.05, 0.1) is 11.3 Å². The standard InChI is InChI=1S/C11H13NO6S/c12-6(11(17)18)4-19-8-2-5(3-9(14)15)1-7(13)10(8)16/h1-2,6,13,16H,3-4,12H2,(H,14,15)(H,17,18)/t6-/m0/s1. The van der Waals surface area contributed by atoms with Gasteiger partial charge in [0.15, 0.2) is 11.5 Å². The van der Waals surface area contributed by atoms with Gasteiger partial charge in [-0.2, -0.15) is 0 Å². The Hall–Kier alpha value is -1.93. The van der Waals surface area contributed by atoms with Crippen LogP contribution in [-0.4, -0.2) is 44.2 Å². The Morgan fingerprint density at radius 1 is 1.26 bits per heavy atom. The van der Waals surface area contributed by atoms with Crippen LogP contribution in [0.25, 0.3) is 0 Å². The van der Waals surface area contributed by atoms with E-state index in [1.165, 1.54) is 6.07 Å². The summed E-state index contributed by atoms with van der Waals surface area (Å²) in [7, 11) is 0. The zero-order chi connectivity index (χ0) is 14.6. The zero-order valence-corrected chi connectivity index (χ0v) is 10.6. The molecule has 0 fully saturated rings. The topological polar surface area (TPSA) is 141 Å². The summed E-state index contributed by atoms with van der Waals surface area (Å²) < 4.78 is 0. The summed E-state index contributed by atoms with van der Waals surface area (Å²) in [6, 6.07) is 1.40. The van der Waals surface area contributed by atoms with Gasteiger partial charge in [-0.25, -0.2) is 0 Å². The number of carboxylic acid groups (broad SMARTS) is 2. The van der Waals surface area contributed by atoms with Gasteiger partial charge in [0.2, 0.25) is 0 Å². The summed E-state index contributed by atoms with van der Waals surface area (Å²) in [5.41, 5.74) is 5.61. The molecular weight excluding hydrogens is 274 g/mol. The Morgan fingerprint density at radius 2 is 1.89 bits per heavy atom. The smallest absolute Gasteiger partial charge is 0.321 e. The first-order valence-corrected chi connectivity index (χ1v) is 6.17. The van der Waals surface area contributed by atoms with Crippen LogP contribution in [0.3, 0.4) is 0 Å². The molecule has 0 aromatic heterocycles. The molecular formula is C11H13NO6S. The Kier molecular flexibility index (Phi) is 5.02. The number of thioether (sulfide) groups is 1. The summed E-state index contributed by atoms with van der Waals surface area (Å²) in [5.74, 6) is -3.15. The first-order chi connectivity index (χ1) is 8.81. The van der Waals surface area contributed by atoms with Crippen molar-refractivity contribution in [2.45, 2.75) is 17.4 Å². The first kappa shape index (κ1) is 15.1. The average molecular weight is 287 g/mol. The number of benzene rings is 1. The number of nitrogens with two attached hydrogens (primary N) is 1. The zero-order valence-electron chi connectivity index (χ0n) is 9.74. The second-order valence-corrected chi connectivity index (χ2v) is 4.85. The summed E-state index contributed by atoms with van der Waals surface area (Å²) >= 11 is 0.930. The number of carbonyl (C=O) groups is 2. The van der Waals surface area contributed by atoms with E-state index in [1.807, 2.05) is 0 Å². The van der Waals surface area contributed by atoms with Crippen molar-refractivity contribution in [2.75, 3.05) is 5.75 Å². The molecule has 0 unspecified atom stereocenters. The minimum atomic E-state index is -1.18. The van der Waals surface area contributed by atoms with E-state index in [4.69, 9.17) is 15.9 Å². The van der Waals surface area contributed by atoms with Crippen molar-refractivity contribution in [1.29, 1.82) is 0 Å². The summed E-state index contributed by atoms with van der Waals surface area (Å²) in [4.78, 5) is 21.3. The Balaban J connectivity index is 2.89. The van der Waals surface area contributed by atoms with Gasteiger partial charge < -0.3 is 26.2 Å². The molecule has 0 saturated heterocycles. The van der Waals surface area contributed by atoms with E-state index in [0.29, 0.717) is 5.56 Å². The molecule has 0 aliphatic heterocycles. The lowest BCUT2D eigenvalue weighted by Crippen LogP contribution is -2.32. The minimum Gasteiger partial charge on any atom is -0.504 e. The normalized spacial score (nSPS) is 12.1. The number of phenols is 2. The Morgan fingerprint density at radius 3 is 2.42 bits per heavy atom. The molecule has 0 saturated carbocycles. The molecule has 1 aromatic carbocycles. The number of rotatable bonds is 6. The maximum Gasteiger partial charge on any atom is 0.321 e. The molecule has 104 valence electrons. The van der Waals surface area contributed by atoms with E-state index < -0.39 is 29.5 Å². The first-order valence-electron chi connectivity index (χ1n) is 5.19. The number of aliphatic carboxylic acids is 2. The van der Waals surface area contributed by atoms with Crippen molar-refractivity contribution in [1.82, 2.24) is 0 Å². The molecule has 8 heteroatoms. The van der Waals surface area contributed by atoms with Gasteiger partial charge in [-0.05, 0) is 17.7 Å². The van der Waals surface area contributed by atoms with Crippen molar-refractivity contribution in [2.24, 2.45) is 5.73 Å². The SMILES string of the molecule is N[C@@H](CSc1cc(CC(=O)O)cc(O)c1O)C(=O)O. The largest absolute Gasteiger partial charge is 0.504 e. The maximum absolute atomic E-state index is 10.6. The van der Waals surface area contributed by atoms with Crippen LogP contribution < -0.4 is 5.73 Å². The van der Waals surface area contributed by atoms with E-state index in [1.54, 1.807) is 0 Å². The fraction of sp³-hybridized carbons (Fsp3) is 0.273. The van der Waals surface area contributed by atoms with Crippen molar-refractivity contribution in [3.8, 4) is 11.5 Å². The molecule has 0 bridgehead atoms. The van der Waals surface area contributed by atoms with Gasteiger partial charge in [-0.3, -0.25) is 9.59 Å². The molecule has 1 aromatic rings. The number of hydrogen-bond donors (Lipinski definition) is 5. The molecule has 7 nitrogen and oxygen atoms in total. The predicted octanol–water partition coefficient (Wildman–Crippen LogP) is 0.229. The van der Waals surface area contributed by atoms with Crippen LogP contribution >= 0.6 is 11.8 Å². The number of hydrogen-bond acceptors (Lipinski definition) is 6. The molecule has 1 rings (SSSR count). The monoisotopic (exact) mass is 287 g/mol. The molecule has 0 heterocycles. The van der Waals surface area contributed by atoms with Crippen molar-refractivity contribution < 1.29 is 30.0 Å². The summed E-state index contributed by atoms with van der Waals surface area (Å²) in [6.45, 7) is 0. The van der Waals surface area contributed by atoms with Crippen LogP contribution in [-0.2, 0) is 16.0 Å². The summed E-state index contributed by atoms with van der Waals surface area (Å²) in [5, 5.41) is 36.4. The fourth-order valence-corrected chi connectivity index (χ4v) is 2.26. The quantitative estimate of drug-likeness (QED) is 0.370. The van der Waals surface area contributed by atoms with Crippen LogP contribution in [0.5, 0.6) is 11.5 Å². The van der Waals surface area contributed by atoms with Gasteiger partial charge in [-0.1, -0.05) is 0 Å². The predicted molar refractivity (Wildman–Crippen MR) is 67.4 cm³/mol. The molecule has 0 amide bonds. The van der Waals surface area contributed by atoms with Crippen LogP contribution in [0.1, 0.15) is 5.56 Å². The molecule has 0 spiro atoms. The highest BCUT2D eigenvalue weighted by Crippen LogP contribution is 2.37. The van der Waals surface area contributed by atoms with Crippen LogP contribution in [0.2, 0.25) is 0 Å². The van der Waals surface area contributed by atoms with Crippen LogP contribution in [0.4, 0.5) is 0 Å². The van der Waals surface area contributed by atoms with Crippen molar-refractivity contribution in [3.63, 3.8) is 0 Å². The molecule has 19 heavy (non-hydrogen) atoms. The van der Waals surface area contributed by atoms with Crippen LogP contribution in [0, 0.1) is 0 Å². The lowest BCUT2D eigenvalue weighted by atomic mass is 10.1. The minimum absolute atomic E-state index is 0.0150. The highest BCUT2D eigenvalue weighted by Gasteiger charge is 2.16. The highest BCUT2D eigenvalue weighted by molar-refractivity contribution is 7.99. The van der Waals surface area contributed by atoms with Gasteiger partial charge in [0.1, 0.15) is 6.04 Å². The van der Waals surface area contributed by atoms with Gasteiger partial charge in [0, 0.05) is 5.75 Å². The molecule has 0 aliphatic rings. The molecule has 1 atom stereocenters. The van der Waals surface area contributed by atoms with Gasteiger partial charge >= 0.3 is 11.9 Å². The maximum atomic E-state index is 10.6. The number of phenolic OH excluding ortho intramolecular Hbond substituents is 2. The summed E-state index contributed by atoms with van der Waals surface area (Å²) in [6.07, 6.45) is -0.313. The lowest BCUT2D eigenvalue weighted by Gasteiger charge is -2.10. The highest BCUT2D eigenvalue weighted by atomic mass is 32.2. The fourth-order valence-electron chi connectivity index (χ4n) is 1.29. The van der Waals surface area contributed by atoms with Gasteiger partial charge in [-0.15, -0.1) is 11.8 Å².